The zero-order chi connectivity index (χ0) is 12.2. The fraction of sp³-hybridized carbons (Fsp3) is 0.417. The van der Waals surface area contributed by atoms with Gasteiger partial charge in [0.1, 0.15) is 11.2 Å². The molecule has 0 bridgehead atoms. The minimum absolute atomic E-state index is 0.141. The highest BCUT2D eigenvalue weighted by molar-refractivity contribution is 5.83. The zero-order valence-electron chi connectivity index (χ0n) is 9.50. The number of methoxy groups -OCH3 is 1. The van der Waals surface area contributed by atoms with Gasteiger partial charge < -0.3 is 10.5 Å². The highest BCUT2D eigenvalue weighted by Gasteiger charge is 2.38. The first-order chi connectivity index (χ1) is 7.60. The summed E-state index contributed by atoms with van der Waals surface area (Å²) in [6, 6.07) is 5.78. The largest absolute Gasteiger partial charge is 0.468 e. The molecular formula is C12H16FNO2. The number of hydrogen-bond acceptors (Lipinski definition) is 3. The van der Waals surface area contributed by atoms with Gasteiger partial charge in [-0.15, -0.1) is 0 Å². The molecule has 1 atom stereocenters. The Bertz CT molecular complexity index is 358. The molecule has 0 heterocycles. The smallest absolute Gasteiger partial charge is 0.317 e. The van der Waals surface area contributed by atoms with E-state index >= 15 is 0 Å². The lowest BCUT2D eigenvalue weighted by Crippen LogP contribution is -2.43. The molecule has 1 rings (SSSR count). The van der Waals surface area contributed by atoms with Crippen LogP contribution in [-0.4, -0.2) is 19.6 Å². The third kappa shape index (κ3) is 2.07. The molecule has 1 unspecified atom stereocenters. The van der Waals surface area contributed by atoms with E-state index in [0.717, 1.165) is 0 Å². The average Bonchev–Trinajstić information content (AvgIpc) is 2.33. The highest BCUT2D eigenvalue weighted by atomic mass is 19.1. The molecule has 88 valence electrons. The summed E-state index contributed by atoms with van der Waals surface area (Å²) in [4.78, 5) is 11.8. The van der Waals surface area contributed by atoms with Crippen LogP contribution in [-0.2, 0) is 14.9 Å². The van der Waals surface area contributed by atoms with E-state index < -0.39 is 5.41 Å². The summed E-state index contributed by atoms with van der Waals surface area (Å²) in [6.45, 7) is 1.99. The molecule has 0 spiro atoms. The van der Waals surface area contributed by atoms with Gasteiger partial charge in [0.25, 0.3) is 0 Å². The van der Waals surface area contributed by atoms with Crippen molar-refractivity contribution in [1.82, 2.24) is 0 Å². The normalized spacial score (nSPS) is 14.2. The summed E-state index contributed by atoms with van der Waals surface area (Å²) in [5.41, 5.74) is 5.48. The van der Waals surface area contributed by atoms with Gasteiger partial charge in [0.15, 0.2) is 0 Å². The molecule has 3 nitrogen and oxygen atoms in total. The zero-order valence-corrected chi connectivity index (χ0v) is 9.50. The number of benzene rings is 1. The van der Waals surface area contributed by atoms with E-state index in [4.69, 9.17) is 10.5 Å². The molecule has 0 amide bonds. The molecule has 0 aliphatic carbocycles. The SMILES string of the molecule is CCC(CN)(C(=O)OC)c1ccc(F)cc1. The topological polar surface area (TPSA) is 52.3 Å². The molecular weight excluding hydrogens is 209 g/mol. The fourth-order valence-corrected chi connectivity index (χ4v) is 1.78. The van der Waals surface area contributed by atoms with Crippen molar-refractivity contribution in [2.24, 2.45) is 5.73 Å². The van der Waals surface area contributed by atoms with Gasteiger partial charge in [-0.1, -0.05) is 19.1 Å². The predicted molar refractivity (Wildman–Crippen MR) is 59.4 cm³/mol. The Labute approximate surface area is 94.4 Å². The molecule has 1 aromatic carbocycles. The van der Waals surface area contributed by atoms with Crippen LogP contribution in [0, 0.1) is 5.82 Å². The van der Waals surface area contributed by atoms with Gasteiger partial charge >= 0.3 is 5.97 Å². The second kappa shape index (κ2) is 5.07. The Morgan fingerprint density at radius 3 is 2.38 bits per heavy atom. The number of hydrogen-bond donors (Lipinski definition) is 1. The number of esters is 1. The summed E-state index contributed by atoms with van der Waals surface area (Å²) >= 11 is 0. The van der Waals surface area contributed by atoms with Crippen LogP contribution < -0.4 is 5.73 Å². The summed E-state index contributed by atoms with van der Waals surface area (Å²) in [7, 11) is 1.33. The maximum absolute atomic E-state index is 12.8. The van der Waals surface area contributed by atoms with Gasteiger partial charge in [-0.2, -0.15) is 0 Å². The van der Waals surface area contributed by atoms with E-state index in [1.165, 1.54) is 19.2 Å². The van der Waals surface area contributed by atoms with E-state index in [2.05, 4.69) is 0 Å². The first-order valence-corrected chi connectivity index (χ1v) is 5.15. The van der Waals surface area contributed by atoms with Gasteiger partial charge in [-0.05, 0) is 24.1 Å². The average molecular weight is 225 g/mol. The first kappa shape index (κ1) is 12.6. The Morgan fingerprint density at radius 2 is 2.00 bits per heavy atom. The number of nitrogens with two attached hydrogens (primary N) is 1. The Kier molecular flexibility index (Phi) is 4.01. The van der Waals surface area contributed by atoms with Crippen molar-refractivity contribution in [2.75, 3.05) is 13.7 Å². The van der Waals surface area contributed by atoms with Crippen LogP contribution in [0.25, 0.3) is 0 Å². The molecule has 0 radical (unpaired) electrons. The highest BCUT2D eigenvalue weighted by Crippen LogP contribution is 2.28. The summed E-state index contributed by atoms with van der Waals surface area (Å²) in [5, 5.41) is 0. The van der Waals surface area contributed by atoms with Crippen LogP contribution in [0.3, 0.4) is 0 Å². The first-order valence-electron chi connectivity index (χ1n) is 5.15. The minimum Gasteiger partial charge on any atom is -0.468 e. The van der Waals surface area contributed by atoms with Crippen molar-refractivity contribution in [3.05, 3.63) is 35.6 Å². The monoisotopic (exact) mass is 225 g/mol. The van der Waals surface area contributed by atoms with Gasteiger partial charge in [-0.25, -0.2) is 4.39 Å². The number of halogens is 1. The molecule has 0 aromatic heterocycles. The predicted octanol–water partition coefficient (Wildman–Crippen LogP) is 1.61. The van der Waals surface area contributed by atoms with Gasteiger partial charge in [0.05, 0.1) is 7.11 Å². The third-order valence-electron chi connectivity index (χ3n) is 2.92. The standard InChI is InChI=1S/C12H16FNO2/c1-3-12(8-14,11(15)16-2)9-4-6-10(13)7-5-9/h4-7H,3,8,14H2,1-2H3. The number of ether oxygens (including phenoxy) is 1. The van der Waals surface area contributed by atoms with Crippen molar-refractivity contribution < 1.29 is 13.9 Å². The Hall–Kier alpha value is -1.42. The second-order valence-electron chi connectivity index (χ2n) is 3.64. The van der Waals surface area contributed by atoms with Gasteiger partial charge in [-0.3, -0.25) is 4.79 Å². The maximum atomic E-state index is 12.8. The van der Waals surface area contributed by atoms with E-state index in [-0.39, 0.29) is 18.3 Å². The molecule has 0 saturated heterocycles. The Morgan fingerprint density at radius 1 is 1.44 bits per heavy atom. The van der Waals surface area contributed by atoms with E-state index in [1.54, 1.807) is 12.1 Å². The molecule has 2 N–H and O–H groups in total. The number of rotatable bonds is 4. The summed E-state index contributed by atoms with van der Waals surface area (Å²) in [6.07, 6.45) is 0.516. The van der Waals surface area contributed by atoms with E-state index in [0.29, 0.717) is 12.0 Å². The molecule has 0 aliphatic heterocycles. The van der Waals surface area contributed by atoms with Crippen molar-refractivity contribution in [1.29, 1.82) is 0 Å². The lowest BCUT2D eigenvalue weighted by atomic mass is 9.78. The summed E-state index contributed by atoms with van der Waals surface area (Å²) < 4.78 is 17.6. The van der Waals surface area contributed by atoms with Crippen molar-refractivity contribution >= 4 is 5.97 Å². The van der Waals surface area contributed by atoms with Gasteiger partial charge in [0, 0.05) is 6.54 Å². The molecule has 0 aliphatic rings. The van der Waals surface area contributed by atoms with Crippen LogP contribution in [0.15, 0.2) is 24.3 Å². The number of carbonyl (C=O) groups excluding carboxylic acids is 1. The Balaban J connectivity index is 3.20. The molecule has 16 heavy (non-hydrogen) atoms. The van der Waals surface area contributed by atoms with E-state index in [9.17, 15) is 9.18 Å². The maximum Gasteiger partial charge on any atom is 0.317 e. The number of carbonyl (C=O) groups is 1. The quantitative estimate of drug-likeness (QED) is 0.792. The van der Waals surface area contributed by atoms with Gasteiger partial charge in [0.2, 0.25) is 0 Å². The van der Waals surface area contributed by atoms with Crippen LogP contribution in [0.4, 0.5) is 4.39 Å². The fourth-order valence-electron chi connectivity index (χ4n) is 1.78. The minimum atomic E-state index is -0.873. The third-order valence-corrected chi connectivity index (χ3v) is 2.92. The lowest BCUT2D eigenvalue weighted by molar-refractivity contribution is -0.147. The molecule has 0 fully saturated rings. The van der Waals surface area contributed by atoms with Crippen LogP contribution in [0.2, 0.25) is 0 Å². The van der Waals surface area contributed by atoms with Crippen molar-refractivity contribution in [3.8, 4) is 0 Å². The molecule has 1 aromatic rings. The second-order valence-corrected chi connectivity index (χ2v) is 3.64. The van der Waals surface area contributed by atoms with E-state index in [1.807, 2.05) is 6.92 Å². The van der Waals surface area contributed by atoms with Crippen LogP contribution >= 0.6 is 0 Å². The van der Waals surface area contributed by atoms with Crippen molar-refractivity contribution in [2.45, 2.75) is 18.8 Å². The van der Waals surface area contributed by atoms with Crippen LogP contribution in [0.5, 0.6) is 0 Å². The van der Waals surface area contributed by atoms with Crippen LogP contribution in [0.1, 0.15) is 18.9 Å². The summed E-state index contributed by atoms with van der Waals surface area (Å²) in [5.74, 6) is -0.722. The molecule has 4 heteroatoms. The lowest BCUT2D eigenvalue weighted by Gasteiger charge is -2.28. The van der Waals surface area contributed by atoms with Crippen molar-refractivity contribution in [3.63, 3.8) is 0 Å². The molecule has 0 saturated carbocycles.